The fourth-order valence-corrected chi connectivity index (χ4v) is 3.53. The number of carbonyl (C=O) groups excluding carboxylic acids is 1. The van der Waals surface area contributed by atoms with Gasteiger partial charge in [0.15, 0.2) is 5.78 Å². The molecule has 0 amide bonds. The second-order valence-electron chi connectivity index (χ2n) is 5.08. The summed E-state index contributed by atoms with van der Waals surface area (Å²) in [5, 5.41) is 19.8. The summed E-state index contributed by atoms with van der Waals surface area (Å²) in [6, 6.07) is 1.61. The van der Waals surface area contributed by atoms with Crippen LogP contribution in [0.15, 0.2) is 20.6 Å². The van der Waals surface area contributed by atoms with Crippen molar-refractivity contribution in [3.63, 3.8) is 0 Å². The molecule has 2 N–H and O–H groups in total. The molecule has 0 spiro atoms. The Balaban J connectivity index is 2.36. The van der Waals surface area contributed by atoms with Crippen molar-refractivity contribution in [3.05, 3.63) is 26.1 Å². The number of nitrogens with zero attached hydrogens (tertiary/aromatic N) is 1. The molecular weight excluding hydrogens is 402 g/mol. The third-order valence-electron chi connectivity index (χ3n) is 3.47. The van der Waals surface area contributed by atoms with Gasteiger partial charge in [-0.05, 0) is 57.0 Å². The molecule has 1 aromatic carbocycles. The molecule has 1 aliphatic heterocycles. The normalized spacial score (nSPS) is 18.4. The van der Waals surface area contributed by atoms with Crippen molar-refractivity contribution in [1.82, 2.24) is 4.90 Å². The monoisotopic (exact) mass is 417 g/mol. The van der Waals surface area contributed by atoms with Crippen LogP contribution in [0.3, 0.4) is 0 Å². The molecule has 2 rings (SSSR count). The molecule has 0 saturated carbocycles. The molecule has 6 heteroatoms. The summed E-state index contributed by atoms with van der Waals surface area (Å²) >= 11 is 6.37. The van der Waals surface area contributed by atoms with E-state index in [-0.39, 0.29) is 21.8 Å². The Labute approximate surface area is 140 Å². The fourth-order valence-electron chi connectivity index (χ4n) is 2.38. The first-order chi connectivity index (χ1) is 9.93. The SMILES string of the molecule is CCCN1CCC(=O)/C(=C/c2cc(Br)c(O)c(Br)c2O)C1. The maximum Gasteiger partial charge on any atom is 0.161 e. The number of ketones is 1. The van der Waals surface area contributed by atoms with Crippen molar-refractivity contribution in [2.24, 2.45) is 0 Å². The van der Waals surface area contributed by atoms with Crippen LogP contribution in [0.5, 0.6) is 11.5 Å². The van der Waals surface area contributed by atoms with Crippen LogP contribution in [0.4, 0.5) is 0 Å². The van der Waals surface area contributed by atoms with E-state index in [0.29, 0.717) is 28.6 Å². The van der Waals surface area contributed by atoms with Gasteiger partial charge in [0, 0.05) is 30.6 Å². The Kier molecular flexibility index (Phi) is 5.46. The lowest BCUT2D eigenvalue weighted by Crippen LogP contribution is -2.36. The highest BCUT2D eigenvalue weighted by Gasteiger charge is 2.22. The number of phenolic OH excluding ortho intramolecular Hbond substituents is 2. The zero-order chi connectivity index (χ0) is 15.6. The first kappa shape index (κ1) is 16.5. The van der Waals surface area contributed by atoms with Gasteiger partial charge < -0.3 is 10.2 Å². The van der Waals surface area contributed by atoms with Crippen LogP contribution in [0.2, 0.25) is 0 Å². The van der Waals surface area contributed by atoms with E-state index in [4.69, 9.17) is 0 Å². The molecule has 114 valence electrons. The Hall–Kier alpha value is -0.850. The highest BCUT2D eigenvalue weighted by atomic mass is 79.9. The van der Waals surface area contributed by atoms with Crippen LogP contribution in [0, 0.1) is 0 Å². The number of hydrogen-bond acceptors (Lipinski definition) is 4. The van der Waals surface area contributed by atoms with Gasteiger partial charge in [-0.3, -0.25) is 9.69 Å². The van der Waals surface area contributed by atoms with E-state index in [1.807, 2.05) is 0 Å². The summed E-state index contributed by atoms with van der Waals surface area (Å²) in [4.78, 5) is 14.3. The largest absolute Gasteiger partial charge is 0.506 e. The number of benzene rings is 1. The number of aromatic hydroxyl groups is 2. The second kappa shape index (κ2) is 6.94. The van der Waals surface area contributed by atoms with Gasteiger partial charge in [0.1, 0.15) is 16.0 Å². The molecule has 0 radical (unpaired) electrons. The highest BCUT2D eigenvalue weighted by molar-refractivity contribution is 9.11. The zero-order valence-electron chi connectivity index (χ0n) is 11.7. The smallest absolute Gasteiger partial charge is 0.161 e. The molecular formula is C15H17Br2NO3. The fraction of sp³-hybridized carbons (Fsp3) is 0.400. The van der Waals surface area contributed by atoms with E-state index in [1.54, 1.807) is 12.1 Å². The van der Waals surface area contributed by atoms with Gasteiger partial charge >= 0.3 is 0 Å². The van der Waals surface area contributed by atoms with Gasteiger partial charge in [0.25, 0.3) is 0 Å². The predicted molar refractivity (Wildman–Crippen MR) is 89.5 cm³/mol. The second-order valence-corrected chi connectivity index (χ2v) is 6.73. The average molecular weight is 419 g/mol. The molecule has 1 saturated heterocycles. The molecule has 1 fully saturated rings. The zero-order valence-corrected chi connectivity index (χ0v) is 14.9. The molecule has 1 heterocycles. The van der Waals surface area contributed by atoms with Crippen molar-refractivity contribution in [3.8, 4) is 11.5 Å². The number of halogens is 2. The number of likely N-dealkylation sites (tertiary alicyclic amines) is 1. The number of piperidine rings is 1. The summed E-state index contributed by atoms with van der Waals surface area (Å²) in [6.45, 7) is 4.46. The van der Waals surface area contributed by atoms with Gasteiger partial charge in [-0.15, -0.1) is 0 Å². The Morgan fingerprint density at radius 2 is 2.05 bits per heavy atom. The molecule has 1 aliphatic rings. The third kappa shape index (κ3) is 3.67. The minimum Gasteiger partial charge on any atom is -0.506 e. The number of phenols is 2. The minimum atomic E-state index is -0.0661. The van der Waals surface area contributed by atoms with Gasteiger partial charge in [0.2, 0.25) is 0 Å². The predicted octanol–water partition coefficient (Wildman–Crippen LogP) is 3.69. The summed E-state index contributed by atoms with van der Waals surface area (Å²) in [6.07, 6.45) is 3.25. The molecule has 0 bridgehead atoms. The number of Topliss-reactive ketones (excluding diaryl/α,β-unsaturated/α-hetero) is 1. The first-order valence-electron chi connectivity index (χ1n) is 6.80. The molecule has 0 aromatic heterocycles. The van der Waals surface area contributed by atoms with E-state index < -0.39 is 0 Å². The van der Waals surface area contributed by atoms with Gasteiger partial charge in [-0.25, -0.2) is 0 Å². The number of carbonyl (C=O) groups is 1. The Bertz CT molecular complexity index is 599. The van der Waals surface area contributed by atoms with Gasteiger partial charge in [0.05, 0.1) is 4.47 Å². The van der Waals surface area contributed by atoms with Crippen LogP contribution >= 0.6 is 31.9 Å². The van der Waals surface area contributed by atoms with Crippen molar-refractivity contribution in [2.45, 2.75) is 19.8 Å². The third-order valence-corrected chi connectivity index (χ3v) is 4.83. The van der Waals surface area contributed by atoms with E-state index in [9.17, 15) is 15.0 Å². The quantitative estimate of drug-likeness (QED) is 0.735. The topological polar surface area (TPSA) is 60.8 Å². The summed E-state index contributed by atoms with van der Waals surface area (Å²) in [7, 11) is 0. The molecule has 21 heavy (non-hydrogen) atoms. The van der Waals surface area contributed by atoms with Crippen molar-refractivity contribution in [2.75, 3.05) is 19.6 Å². The van der Waals surface area contributed by atoms with Crippen molar-refractivity contribution in [1.29, 1.82) is 0 Å². The van der Waals surface area contributed by atoms with Crippen LogP contribution in [-0.2, 0) is 4.79 Å². The van der Waals surface area contributed by atoms with Crippen LogP contribution in [-0.4, -0.2) is 40.5 Å². The van der Waals surface area contributed by atoms with Crippen LogP contribution < -0.4 is 0 Å². The highest BCUT2D eigenvalue weighted by Crippen LogP contribution is 2.42. The minimum absolute atomic E-state index is 0.0581. The van der Waals surface area contributed by atoms with E-state index in [0.717, 1.165) is 19.5 Å². The van der Waals surface area contributed by atoms with E-state index >= 15 is 0 Å². The molecule has 0 atom stereocenters. The first-order valence-corrected chi connectivity index (χ1v) is 8.38. The van der Waals surface area contributed by atoms with Crippen molar-refractivity contribution < 1.29 is 15.0 Å². The molecule has 0 unspecified atom stereocenters. The maximum atomic E-state index is 12.0. The summed E-state index contributed by atoms with van der Waals surface area (Å²) in [5.41, 5.74) is 1.20. The molecule has 0 aliphatic carbocycles. The Morgan fingerprint density at radius 1 is 1.33 bits per heavy atom. The molecule has 4 nitrogen and oxygen atoms in total. The summed E-state index contributed by atoms with van der Waals surface area (Å²) < 4.78 is 0.685. The summed E-state index contributed by atoms with van der Waals surface area (Å²) in [5.74, 6) is -0.0112. The molecule has 1 aromatic rings. The maximum absolute atomic E-state index is 12.0. The number of hydrogen-bond donors (Lipinski definition) is 2. The van der Waals surface area contributed by atoms with Gasteiger partial charge in [-0.1, -0.05) is 6.92 Å². The lowest BCUT2D eigenvalue weighted by Gasteiger charge is -2.27. The van der Waals surface area contributed by atoms with Gasteiger partial charge in [-0.2, -0.15) is 0 Å². The van der Waals surface area contributed by atoms with E-state index in [2.05, 4.69) is 43.7 Å². The van der Waals surface area contributed by atoms with Crippen LogP contribution in [0.1, 0.15) is 25.3 Å². The number of rotatable bonds is 3. The lowest BCUT2D eigenvalue weighted by molar-refractivity contribution is -0.117. The van der Waals surface area contributed by atoms with Crippen LogP contribution in [0.25, 0.3) is 6.08 Å². The Morgan fingerprint density at radius 3 is 2.71 bits per heavy atom. The van der Waals surface area contributed by atoms with Crippen molar-refractivity contribution >= 4 is 43.7 Å². The van der Waals surface area contributed by atoms with E-state index in [1.165, 1.54) is 0 Å². The average Bonchev–Trinajstić information content (AvgIpc) is 2.46. The lowest BCUT2D eigenvalue weighted by atomic mass is 10.00. The standard InChI is InChI=1S/C15H17Br2NO3/c1-2-4-18-5-3-12(19)10(8-18)6-9-7-11(16)15(21)13(17)14(9)20/h6-7,20-21H,2-5,8H2,1H3/b10-6+.